The number of pyridine rings is 1. The molecule has 1 N–H and O–H groups in total. The summed E-state index contributed by atoms with van der Waals surface area (Å²) in [6, 6.07) is 7.19. The van der Waals surface area contributed by atoms with Crippen LogP contribution in [0, 0.1) is 0 Å². The molecule has 6 heteroatoms. The fourth-order valence-corrected chi connectivity index (χ4v) is 3.58. The zero-order chi connectivity index (χ0) is 18.0. The predicted molar refractivity (Wildman–Crippen MR) is 98.8 cm³/mol. The first-order chi connectivity index (χ1) is 12.0. The lowest BCUT2D eigenvalue weighted by Crippen LogP contribution is -2.42. The van der Waals surface area contributed by atoms with Crippen LogP contribution in [0.4, 0.5) is 0 Å². The first-order valence-corrected chi connectivity index (χ1v) is 8.73. The molecule has 4 nitrogen and oxygen atoms in total. The summed E-state index contributed by atoms with van der Waals surface area (Å²) in [7, 11) is 0. The van der Waals surface area contributed by atoms with Crippen LogP contribution >= 0.6 is 23.2 Å². The standard InChI is InChI=1S/C19H18Cl2N2O2/c1-2-19(25)23(11-18(24)12-4-3-5-22-10-12)15-6-13-8-16(20)17(21)9-14(13)7-15/h2-5,8-10,15,18,24H,1,6-7,11H2/t18-/m0/s1. The van der Waals surface area contributed by atoms with E-state index in [2.05, 4.69) is 11.6 Å². The van der Waals surface area contributed by atoms with Gasteiger partial charge in [0.2, 0.25) is 5.91 Å². The third-order valence-electron chi connectivity index (χ3n) is 4.49. The molecule has 1 amide bonds. The topological polar surface area (TPSA) is 53.4 Å². The van der Waals surface area contributed by atoms with Crippen LogP contribution < -0.4 is 0 Å². The molecule has 2 aromatic rings. The molecule has 0 aliphatic heterocycles. The molecule has 0 fully saturated rings. The van der Waals surface area contributed by atoms with Gasteiger partial charge >= 0.3 is 0 Å². The lowest BCUT2D eigenvalue weighted by molar-refractivity contribution is -0.129. The smallest absolute Gasteiger partial charge is 0.246 e. The first-order valence-electron chi connectivity index (χ1n) is 7.97. The number of carbonyl (C=O) groups is 1. The molecular weight excluding hydrogens is 359 g/mol. The van der Waals surface area contributed by atoms with Crippen LogP contribution in [0.3, 0.4) is 0 Å². The fourth-order valence-electron chi connectivity index (χ4n) is 3.21. The summed E-state index contributed by atoms with van der Waals surface area (Å²) in [5, 5.41) is 11.5. The summed E-state index contributed by atoms with van der Waals surface area (Å²) < 4.78 is 0. The van der Waals surface area contributed by atoms with Crippen LogP contribution in [0.5, 0.6) is 0 Å². The van der Waals surface area contributed by atoms with E-state index in [1.54, 1.807) is 29.4 Å². The van der Waals surface area contributed by atoms with E-state index < -0.39 is 6.10 Å². The Bertz CT molecular complexity index is 765. The molecule has 1 aliphatic carbocycles. The van der Waals surface area contributed by atoms with Crippen molar-refractivity contribution >= 4 is 29.1 Å². The van der Waals surface area contributed by atoms with Crippen molar-refractivity contribution in [3.8, 4) is 0 Å². The minimum Gasteiger partial charge on any atom is -0.386 e. The lowest BCUT2D eigenvalue weighted by Gasteiger charge is -2.30. The van der Waals surface area contributed by atoms with E-state index in [4.69, 9.17) is 23.2 Å². The van der Waals surface area contributed by atoms with Gasteiger partial charge < -0.3 is 10.0 Å². The molecule has 25 heavy (non-hydrogen) atoms. The Balaban J connectivity index is 1.80. The number of hydrogen-bond donors (Lipinski definition) is 1. The van der Waals surface area contributed by atoms with Gasteiger partial charge in [0.1, 0.15) is 0 Å². The molecule has 0 saturated heterocycles. The molecule has 0 spiro atoms. The molecule has 1 atom stereocenters. The van der Waals surface area contributed by atoms with Crippen molar-refractivity contribution in [3.05, 3.63) is 76.0 Å². The van der Waals surface area contributed by atoms with Gasteiger partial charge in [-0.05, 0) is 48.2 Å². The Morgan fingerprint density at radius 2 is 2.00 bits per heavy atom. The molecule has 0 radical (unpaired) electrons. The van der Waals surface area contributed by atoms with Crippen LogP contribution in [0.1, 0.15) is 22.8 Å². The highest BCUT2D eigenvalue weighted by molar-refractivity contribution is 6.42. The van der Waals surface area contributed by atoms with E-state index in [0.717, 1.165) is 11.1 Å². The quantitative estimate of drug-likeness (QED) is 0.810. The average molecular weight is 377 g/mol. The van der Waals surface area contributed by atoms with Crippen LogP contribution in [0.15, 0.2) is 49.3 Å². The molecule has 1 aromatic carbocycles. The second-order valence-corrected chi connectivity index (χ2v) is 6.91. The molecule has 1 aliphatic rings. The number of aliphatic hydroxyl groups excluding tert-OH is 1. The summed E-state index contributed by atoms with van der Waals surface area (Å²) in [5.41, 5.74) is 2.83. The predicted octanol–water partition coefficient (Wildman–Crippen LogP) is 3.60. The normalized spacial score (nSPS) is 14.8. The minimum atomic E-state index is -0.812. The number of halogens is 2. The molecular formula is C19H18Cl2N2O2. The van der Waals surface area contributed by atoms with Crippen molar-refractivity contribution in [2.45, 2.75) is 25.0 Å². The molecule has 130 valence electrons. The summed E-state index contributed by atoms with van der Waals surface area (Å²) in [5.74, 6) is -0.210. The third-order valence-corrected chi connectivity index (χ3v) is 5.21. The Kier molecular flexibility index (Phi) is 5.42. The maximum atomic E-state index is 12.4. The third kappa shape index (κ3) is 3.87. The van der Waals surface area contributed by atoms with Crippen LogP contribution in [-0.2, 0) is 17.6 Å². The fraction of sp³-hybridized carbons (Fsp3) is 0.263. The summed E-state index contributed by atoms with van der Waals surface area (Å²) in [4.78, 5) is 18.1. The van der Waals surface area contributed by atoms with Gasteiger partial charge in [-0.3, -0.25) is 9.78 Å². The number of rotatable bonds is 5. The molecule has 0 unspecified atom stereocenters. The number of benzene rings is 1. The second kappa shape index (κ2) is 7.56. The molecule has 1 heterocycles. The van der Waals surface area contributed by atoms with E-state index >= 15 is 0 Å². The molecule has 1 aromatic heterocycles. The van der Waals surface area contributed by atoms with Crippen LogP contribution in [0.2, 0.25) is 10.0 Å². The van der Waals surface area contributed by atoms with Crippen LogP contribution in [-0.4, -0.2) is 33.5 Å². The minimum absolute atomic E-state index is 0.0682. The van der Waals surface area contributed by atoms with E-state index in [1.807, 2.05) is 12.1 Å². The van der Waals surface area contributed by atoms with Crippen molar-refractivity contribution in [2.75, 3.05) is 6.54 Å². The molecule has 0 bridgehead atoms. The number of amides is 1. The summed E-state index contributed by atoms with van der Waals surface area (Å²) in [6.07, 6.45) is 5.05. The van der Waals surface area contributed by atoms with Crippen molar-refractivity contribution in [1.29, 1.82) is 0 Å². The zero-order valence-corrected chi connectivity index (χ0v) is 15.0. The number of aromatic nitrogens is 1. The first kappa shape index (κ1) is 17.9. The maximum absolute atomic E-state index is 12.4. The van der Waals surface area contributed by atoms with Gasteiger partial charge in [-0.25, -0.2) is 0 Å². The molecule has 3 rings (SSSR count). The average Bonchev–Trinajstić information content (AvgIpc) is 3.02. The van der Waals surface area contributed by atoms with Gasteiger partial charge in [0, 0.05) is 24.0 Å². The summed E-state index contributed by atoms with van der Waals surface area (Å²) in [6.45, 7) is 3.76. The Morgan fingerprint density at radius 3 is 2.52 bits per heavy atom. The van der Waals surface area contributed by atoms with E-state index in [9.17, 15) is 9.90 Å². The monoisotopic (exact) mass is 376 g/mol. The van der Waals surface area contributed by atoms with Crippen molar-refractivity contribution in [3.63, 3.8) is 0 Å². The zero-order valence-electron chi connectivity index (χ0n) is 13.5. The van der Waals surface area contributed by atoms with Gasteiger partial charge in [0.05, 0.1) is 22.7 Å². The molecule has 0 saturated carbocycles. The van der Waals surface area contributed by atoms with Gasteiger partial charge in [-0.2, -0.15) is 0 Å². The Hall–Kier alpha value is -1.88. The maximum Gasteiger partial charge on any atom is 0.246 e. The lowest BCUT2D eigenvalue weighted by atomic mass is 10.1. The second-order valence-electron chi connectivity index (χ2n) is 6.09. The number of carbonyl (C=O) groups excluding carboxylic acids is 1. The highest BCUT2D eigenvalue weighted by Gasteiger charge is 2.31. The highest BCUT2D eigenvalue weighted by atomic mass is 35.5. The van der Waals surface area contributed by atoms with E-state index in [-0.39, 0.29) is 18.5 Å². The van der Waals surface area contributed by atoms with E-state index in [1.165, 1.54) is 6.08 Å². The number of hydrogen-bond acceptors (Lipinski definition) is 3. The van der Waals surface area contributed by atoms with Gasteiger partial charge in [0.15, 0.2) is 0 Å². The van der Waals surface area contributed by atoms with Crippen molar-refractivity contribution in [1.82, 2.24) is 9.88 Å². The van der Waals surface area contributed by atoms with Crippen molar-refractivity contribution < 1.29 is 9.90 Å². The van der Waals surface area contributed by atoms with Gasteiger partial charge in [-0.1, -0.05) is 35.8 Å². The Labute approximate surface area is 156 Å². The van der Waals surface area contributed by atoms with E-state index in [0.29, 0.717) is 28.5 Å². The summed E-state index contributed by atoms with van der Waals surface area (Å²) >= 11 is 12.2. The highest BCUT2D eigenvalue weighted by Crippen LogP contribution is 2.33. The van der Waals surface area contributed by atoms with Crippen LogP contribution in [0.25, 0.3) is 0 Å². The number of nitrogens with zero attached hydrogens (tertiary/aromatic N) is 2. The largest absolute Gasteiger partial charge is 0.386 e. The number of aliphatic hydroxyl groups is 1. The Morgan fingerprint density at radius 1 is 1.36 bits per heavy atom. The SMILES string of the molecule is C=CC(=O)N(C[C@H](O)c1cccnc1)C1Cc2cc(Cl)c(Cl)cc2C1. The van der Waals surface area contributed by atoms with Gasteiger partial charge in [-0.15, -0.1) is 0 Å². The van der Waals surface area contributed by atoms with Crippen molar-refractivity contribution in [2.24, 2.45) is 0 Å². The number of fused-ring (bicyclic) bond motifs is 1. The van der Waals surface area contributed by atoms with Gasteiger partial charge in [0.25, 0.3) is 0 Å².